The number of benzene rings is 1. The van der Waals surface area contributed by atoms with Gasteiger partial charge in [-0.1, -0.05) is 30.3 Å². The zero-order valence-corrected chi connectivity index (χ0v) is 22.5. The van der Waals surface area contributed by atoms with Crippen molar-refractivity contribution < 1.29 is 19.1 Å². The summed E-state index contributed by atoms with van der Waals surface area (Å²) in [4.78, 5) is 43.8. The van der Waals surface area contributed by atoms with Crippen molar-refractivity contribution in [2.45, 2.75) is 69.0 Å². The molecule has 0 bridgehead atoms. The highest BCUT2D eigenvalue weighted by Gasteiger charge is 2.54. The lowest BCUT2D eigenvalue weighted by molar-refractivity contribution is -0.130. The average molecular weight is 502 g/mol. The van der Waals surface area contributed by atoms with Crippen molar-refractivity contribution in [3.05, 3.63) is 35.9 Å². The van der Waals surface area contributed by atoms with Gasteiger partial charge in [-0.05, 0) is 65.6 Å². The summed E-state index contributed by atoms with van der Waals surface area (Å²) in [6.07, 6.45) is 4.55. The first kappa shape index (κ1) is 27.9. The molecule has 2 aliphatic rings. The lowest BCUT2D eigenvalue weighted by Crippen LogP contribution is -2.55. The summed E-state index contributed by atoms with van der Waals surface area (Å²) >= 11 is 0. The first-order valence-electron chi connectivity index (χ1n) is 12.9. The molecular formula is C27H43N5O4. The van der Waals surface area contributed by atoms with Crippen molar-refractivity contribution in [2.24, 2.45) is 5.73 Å². The predicted molar refractivity (Wildman–Crippen MR) is 139 cm³/mol. The van der Waals surface area contributed by atoms with Crippen molar-refractivity contribution in [3.8, 4) is 0 Å². The van der Waals surface area contributed by atoms with Crippen LogP contribution in [0.3, 0.4) is 0 Å². The van der Waals surface area contributed by atoms with E-state index >= 15 is 0 Å². The highest BCUT2D eigenvalue weighted by molar-refractivity contribution is 5.89. The molecule has 3 rings (SSSR count). The Bertz CT molecular complexity index is 925. The molecule has 0 atom stereocenters. The van der Waals surface area contributed by atoms with Gasteiger partial charge in [-0.25, -0.2) is 4.79 Å². The first-order chi connectivity index (χ1) is 17.0. The molecule has 36 heavy (non-hydrogen) atoms. The third kappa shape index (κ3) is 5.67. The molecule has 0 unspecified atom stereocenters. The number of primary amides is 1. The number of methoxy groups -OCH3 is 1. The maximum Gasteiger partial charge on any atom is 0.320 e. The van der Waals surface area contributed by atoms with E-state index in [1.54, 1.807) is 25.9 Å². The molecule has 9 nitrogen and oxygen atoms in total. The third-order valence-electron chi connectivity index (χ3n) is 8.14. The number of carbonyl (C=O) groups is 3. The van der Waals surface area contributed by atoms with E-state index in [0.717, 1.165) is 32.1 Å². The molecule has 3 N–H and O–H groups in total. The van der Waals surface area contributed by atoms with Crippen LogP contribution in [0, 0.1) is 0 Å². The van der Waals surface area contributed by atoms with Gasteiger partial charge in [0.15, 0.2) is 0 Å². The number of amides is 4. The molecule has 2 fully saturated rings. The van der Waals surface area contributed by atoms with Crippen LogP contribution in [-0.4, -0.2) is 91.1 Å². The van der Waals surface area contributed by atoms with E-state index in [0.29, 0.717) is 26.2 Å². The van der Waals surface area contributed by atoms with Crippen molar-refractivity contribution >= 4 is 17.8 Å². The fourth-order valence-electron chi connectivity index (χ4n) is 5.76. The summed E-state index contributed by atoms with van der Waals surface area (Å²) in [5.41, 5.74) is 5.23. The van der Waals surface area contributed by atoms with Crippen LogP contribution in [0.2, 0.25) is 0 Å². The molecule has 200 valence electrons. The van der Waals surface area contributed by atoms with Gasteiger partial charge in [0, 0.05) is 45.3 Å². The van der Waals surface area contributed by atoms with Gasteiger partial charge in [0.25, 0.3) is 0 Å². The van der Waals surface area contributed by atoms with Crippen molar-refractivity contribution in [2.75, 3.05) is 47.4 Å². The zero-order valence-electron chi connectivity index (χ0n) is 22.5. The molecular weight excluding hydrogens is 458 g/mol. The Labute approximate surface area is 215 Å². The van der Waals surface area contributed by atoms with Crippen LogP contribution in [-0.2, 0) is 19.9 Å². The minimum absolute atomic E-state index is 0.0230. The quantitative estimate of drug-likeness (QED) is 0.453. The van der Waals surface area contributed by atoms with Crippen LogP contribution < -0.4 is 11.1 Å². The molecule has 1 heterocycles. The van der Waals surface area contributed by atoms with Crippen molar-refractivity contribution in [1.29, 1.82) is 0 Å². The number of carbonyl (C=O) groups excluding carboxylic acids is 3. The number of ether oxygens (including phenoxy) is 1. The lowest BCUT2D eigenvalue weighted by Gasteiger charge is -2.51. The van der Waals surface area contributed by atoms with Gasteiger partial charge >= 0.3 is 6.03 Å². The molecule has 1 aromatic rings. The molecule has 1 aliphatic carbocycles. The van der Waals surface area contributed by atoms with Crippen LogP contribution in [0.4, 0.5) is 4.79 Å². The summed E-state index contributed by atoms with van der Waals surface area (Å²) in [5.74, 6) is -0.890. The van der Waals surface area contributed by atoms with Crippen LogP contribution in [0.1, 0.15) is 57.9 Å². The Morgan fingerprint density at radius 3 is 2.31 bits per heavy atom. The number of rotatable bonds is 11. The molecule has 1 saturated heterocycles. The molecule has 0 aromatic heterocycles. The monoisotopic (exact) mass is 501 g/mol. The Morgan fingerprint density at radius 2 is 1.75 bits per heavy atom. The number of urea groups is 1. The Balaban J connectivity index is 1.75. The number of nitrogens with one attached hydrogen (secondary N) is 1. The predicted octanol–water partition coefficient (Wildman–Crippen LogP) is 2.30. The smallest absolute Gasteiger partial charge is 0.320 e. The van der Waals surface area contributed by atoms with E-state index in [1.807, 2.05) is 11.0 Å². The summed E-state index contributed by atoms with van der Waals surface area (Å²) in [5, 5.41) is 2.67. The molecule has 9 heteroatoms. The fourth-order valence-corrected chi connectivity index (χ4v) is 5.76. The Morgan fingerprint density at radius 1 is 1.11 bits per heavy atom. The lowest BCUT2D eigenvalue weighted by atomic mass is 9.68. The largest absolute Gasteiger partial charge is 0.385 e. The van der Waals surface area contributed by atoms with Crippen LogP contribution >= 0.6 is 0 Å². The second kappa shape index (κ2) is 11.2. The summed E-state index contributed by atoms with van der Waals surface area (Å²) in [6.45, 7) is 5.28. The van der Waals surface area contributed by atoms with E-state index < -0.39 is 11.4 Å². The van der Waals surface area contributed by atoms with Gasteiger partial charge in [-0.15, -0.1) is 0 Å². The van der Waals surface area contributed by atoms with Gasteiger partial charge in [0.05, 0.1) is 5.54 Å². The Hall–Kier alpha value is -2.65. The van der Waals surface area contributed by atoms with E-state index in [4.69, 9.17) is 10.5 Å². The number of nitrogens with two attached hydrogens (primary N) is 1. The van der Waals surface area contributed by atoms with Gasteiger partial charge in [0.1, 0.15) is 5.54 Å². The topological polar surface area (TPSA) is 108 Å². The van der Waals surface area contributed by atoms with Crippen molar-refractivity contribution in [3.63, 3.8) is 0 Å². The highest BCUT2D eigenvalue weighted by Crippen LogP contribution is 2.48. The Kier molecular flexibility index (Phi) is 8.67. The second-order valence-corrected chi connectivity index (χ2v) is 11.0. The summed E-state index contributed by atoms with van der Waals surface area (Å²) in [6, 6.07) is 10.6. The van der Waals surface area contributed by atoms with Gasteiger partial charge in [-0.3, -0.25) is 14.5 Å². The second-order valence-electron chi connectivity index (χ2n) is 11.0. The zero-order chi connectivity index (χ0) is 26.6. The first-order valence-corrected chi connectivity index (χ1v) is 12.9. The number of nitrogens with zero attached hydrogens (tertiary/aromatic N) is 3. The highest BCUT2D eigenvalue weighted by atomic mass is 16.5. The molecule has 1 aliphatic heterocycles. The molecule has 1 aromatic carbocycles. The summed E-state index contributed by atoms with van der Waals surface area (Å²) < 4.78 is 5.26. The minimum atomic E-state index is -1.13. The maximum atomic E-state index is 13.5. The van der Waals surface area contributed by atoms with E-state index in [-0.39, 0.29) is 29.4 Å². The number of hydrogen-bond donors (Lipinski definition) is 2. The fraction of sp³-hybridized carbons (Fsp3) is 0.667. The average Bonchev–Trinajstić information content (AvgIpc) is 3.09. The van der Waals surface area contributed by atoms with E-state index in [1.165, 1.54) is 5.56 Å². The molecule has 4 amide bonds. The number of hydrogen-bond acceptors (Lipinski definition) is 5. The SMILES string of the molecule is COCCCN1C(=O)N(CCC(=O)NC(C)(C)C(N)=O)C[C@]12CC[C@](c1ccccc1)(N(C)C)CC2. The third-order valence-corrected chi connectivity index (χ3v) is 8.14. The van der Waals surface area contributed by atoms with Gasteiger partial charge in [-0.2, -0.15) is 0 Å². The normalized spacial score (nSPS) is 24.6. The van der Waals surface area contributed by atoms with Gasteiger partial charge < -0.3 is 25.6 Å². The van der Waals surface area contributed by atoms with Crippen LogP contribution in [0.25, 0.3) is 0 Å². The van der Waals surface area contributed by atoms with Crippen molar-refractivity contribution in [1.82, 2.24) is 20.0 Å². The van der Waals surface area contributed by atoms with Crippen LogP contribution in [0.15, 0.2) is 30.3 Å². The minimum Gasteiger partial charge on any atom is -0.385 e. The van der Waals surface area contributed by atoms with E-state index in [9.17, 15) is 14.4 Å². The van der Waals surface area contributed by atoms with Crippen LogP contribution in [0.5, 0.6) is 0 Å². The standard InChI is InChI=1S/C27H43N5O4/c1-25(2,23(28)34)29-22(33)12-18-31-20-26(32(24(31)35)17-9-19-36-5)13-15-27(16-14-26,30(3)4)21-10-7-6-8-11-21/h6-8,10-11H,9,12-20H2,1-5H3,(H2,28,34)(H,29,33)/t26-,27+. The molecule has 1 saturated carbocycles. The molecule has 0 radical (unpaired) electrons. The summed E-state index contributed by atoms with van der Waals surface area (Å²) in [7, 11) is 5.95. The van der Waals surface area contributed by atoms with Gasteiger partial charge in [0.2, 0.25) is 11.8 Å². The molecule has 1 spiro atoms. The maximum absolute atomic E-state index is 13.5. The van der Waals surface area contributed by atoms with E-state index in [2.05, 4.69) is 48.6 Å².